The topological polar surface area (TPSA) is 37.6 Å². The summed E-state index contributed by atoms with van der Waals surface area (Å²) in [5.74, 6) is 0.795. The van der Waals surface area contributed by atoms with Crippen LogP contribution in [-0.2, 0) is 0 Å². The van der Waals surface area contributed by atoms with Crippen molar-refractivity contribution < 1.29 is 9.15 Å². The van der Waals surface area contributed by atoms with Crippen LogP contribution in [-0.4, -0.2) is 33.3 Å². The van der Waals surface area contributed by atoms with E-state index in [4.69, 9.17) is 9.15 Å². The molecule has 1 N–H and O–H groups in total. The van der Waals surface area contributed by atoms with Crippen molar-refractivity contribution in [3.05, 3.63) is 24.5 Å². The normalized spacial score (nSPS) is 16.4. The molecule has 1 aliphatic heterocycles. The summed E-state index contributed by atoms with van der Waals surface area (Å²) in [6, 6.07) is 6.01. The lowest BCUT2D eigenvalue weighted by Gasteiger charge is -2.28. The van der Waals surface area contributed by atoms with Crippen molar-refractivity contribution in [1.82, 2.24) is 5.32 Å². The number of hydrogen-bond acceptors (Lipinski definition) is 4. The van der Waals surface area contributed by atoms with Crippen LogP contribution in [0.25, 0.3) is 11.0 Å². The molecular weight excluding hydrogens is 216 g/mol. The Bertz CT molecular complexity index is 515. The fourth-order valence-electron chi connectivity index (χ4n) is 2.33. The maximum Gasteiger partial charge on any atom is 0.177 e. The monoisotopic (exact) mass is 232 g/mol. The first kappa shape index (κ1) is 10.5. The molecule has 0 aliphatic carbocycles. The number of ether oxygens (including phenoxy) is 1. The van der Waals surface area contributed by atoms with E-state index in [0.717, 1.165) is 42.9 Å². The summed E-state index contributed by atoms with van der Waals surface area (Å²) in [7, 11) is 1.67. The van der Waals surface area contributed by atoms with Gasteiger partial charge in [0.1, 0.15) is 6.26 Å². The first-order valence-electron chi connectivity index (χ1n) is 5.90. The van der Waals surface area contributed by atoms with Crippen molar-refractivity contribution in [2.45, 2.75) is 0 Å². The Morgan fingerprint density at radius 3 is 2.88 bits per heavy atom. The Balaban J connectivity index is 2.05. The highest BCUT2D eigenvalue weighted by Gasteiger charge is 2.17. The highest BCUT2D eigenvalue weighted by molar-refractivity contribution is 5.94. The first-order valence-corrected chi connectivity index (χ1v) is 5.90. The molecule has 2 aromatic rings. The molecule has 1 fully saturated rings. The van der Waals surface area contributed by atoms with Gasteiger partial charge in [-0.25, -0.2) is 0 Å². The molecule has 4 nitrogen and oxygen atoms in total. The molecule has 0 radical (unpaired) electrons. The van der Waals surface area contributed by atoms with E-state index in [2.05, 4.69) is 16.3 Å². The minimum Gasteiger partial charge on any atom is -0.493 e. The van der Waals surface area contributed by atoms with E-state index in [9.17, 15) is 0 Å². The van der Waals surface area contributed by atoms with Gasteiger partial charge in [-0.1, -0.05) is 6.07 Å². The van der Waals surface area contributed by atoms with Crippen LogP contribution in [0.4, 0.5) is 5.69 Å². The molecule has 4 heteroatoms. The summed E-state index contributed by atoms with van der Waals surface area (Å²) in [5, 5.41) is 4.48. The number of fused-ring (bicyclic) bond motifs is 1. The molecular formula is C13H16N2O2. The quantitative estimate of drug-likeness (QED) is 0.857. The van der Waals surface area contributed by atoms with Crippen LogP contribution in [0.15, 0.2) is 28.9 Å². The highest BCUT2D eigenvalue weighted by Crippen LogP contribution is 2.34. The molecule has 0 bridgehead atoms. The van der Waals surface area contributed by atoms with Gasteiger partial charge < -0.3 is 19.4 Å². The molecule has 2 heterocycles. The van der Waals surface area contributed by atoms with Gasteiger partial charge in [-0.15, -0.1) is 0 Å². The number of benzene rings is 1. The number of nitrogens with one attached hydrogen (secondary N) is 1. The molecule has 1 aromatic heterocycles. The third kappa shape index (κ3) is 1.74. The lowest BCUT2D eigenvalue weighted by molar-refractivity contribution is 0.410. The zero-order valence-corrected chi connectivity index (χ0v) is 9.90. The fourth-order valence-corrected chi connectivity index (χ4v) is 2.33. The number of para-hydroxylation sites is 1. The van der Waals surface area contributed by atoms with Crippen LogP contribution in [0.5, 0.6) is 5.75 Å². The molecule has 0 amide bonds. The third-order valence-electron chi connectivity index (χ3n) is 3.22. The van der Waals surface area contributed by atoms with Gasteiger partial charge in [-0.2, -0.15) is 0 Å². The van der Waals surface area contributed by atoms with Gasteiger partial charge in [0.2, 0.25) is 0 Å². The molecule has 0 atom stereocenters. The smallest absolute Gasteiger partial charge is 0.177 e. The van der Waals surface area contributed by atoms with Gasteiger partial charge in [-0.05, 0) is 12.1 Å². The lowest BCUT2D eigenvalue weighted by Crippen LogP contribution is -2.43. The summed E-state index contributed by atoms with van der Waals surface area (Å²) < 4.78 is 10.9. The average Bonchev–Trinajstić information content (AvgIpc) is 2.83. The van der Waals surface area contributed by atoms with E-state index < -0.39 is 0 Å². The van der Waals surface area contributed by atoms with E-state index >= 15 is 0 Å². The number of nitrogens with zero attached hydrogens (tertiary/aromatic N) is 1. The number of hydrogen-bond donors (Lipinski definition) is 1. The molecule has 0 unspecified atom stereocenters. The van der Waals surface area contributed by atoms with E-state index in [-0.39, 0.29) is 0 Å². The van der Waals surface area contributed by atoms with Crippen molar-refractivity contribution in [3.8, 4) is 5.75 Å². The Kier molecular flexibility index (Phi) is 2.65. The van der Waals surface area contributed by atoms with Crippen LogP contribution < -0.4 is 15.0 Å². The summed E-state index contributed by atoms with van der Waals surface area (Å²) in [6.45, 7) is 4.09. The van der Waals surface area contributed by atoms with E-state index in [1.54, 1.807) is 7.11 Å². The number of furan rings is 1. The first-order chi connectivity index (χ1) is 8.40. The molecule has 0 saturated carbocycles. The fraction of sp³-hybridized carbons (Fsp3) is 0.385. The summed E-state index contributed by atoms with van der Waals surface area (Å²) in [5.41, 5.74) is 2.00. The predicted octanol–water partition coefficient (Wildman–Crippen LogP) is 1.85. The van der Waals surface area contributed by atoms with Crippen LogP contribution in [0.3, 0.4) is 0 Å². The largest absolute Gasteiger partial charge is 0.493 e. The Labute approximate surface area is 100 Å². The van der Waals surface area contributed by atoms with Gasteiger partial charge >= 0.3 is 0 Å². The molecule has 1 aromatic carbocycles. The van der Waals surface area contributed by atoms with Crippen molar-refractivity contribution in [3.63, 3.8) is 0 Å². The van der Waals surface area contributed by atoms with Gasteiger partial charge in [-0.3, -0.25) is 0 Å². The summed E-state index contributed by atoms with van der Waals surface area (Å²) in [6.07, 6.45) is 1.83. The van der Waals surface area contributed by atoms with Crippen molar-refractivity contribution in [1.29, 1.82) is 0 Å². The minimum atomic E-state index is 0.795. The number of piperazine rings is 1. The lowest BCUT2D eigenvalue weighted by atomic mass is 10.2. The average molecular weight is 232 g/mol. The van der Waals surface area contributed by atoms with E-state index in [1.807, 2.05) is 18.4 Å². The van der Waals surface area contributed by atoms with Gasteiger partial charge in [0.25, 0.3) is 0 Å². The zero-order chi connectivity index (χ0) is 11.7. The van der Waals surface area contributed by atoms with Crippen LogP contribution in [0.2, 0.25) is 0 Å². The SMILES string of the molecule is COc1cccc2c(N3CCNCC3)coc12. The van der Waals surface area contributed by atoms with Crippen LogP contribution in [0.1, 0.15) is 0 Å². The van der Waals surface area contributed by atoms with Crippen molar-refractivity contribution >= 4 is 16.7 Å². The molecule has 17 heavy (non-hydrogen) atoms. The third-order valence-corrected chi connectivity index (χ3v) is 3.22. The molecule has 1 aliphatic rings. The zero-order valence-electron chi connectivity index (χ0n) is 9.90. The molecule has 3 rings (SSSR count). The highest BCUT2D eigenvalue weighted by atomic mass is 16.5. The van der Waals surface area contributed by atoms with Crippen molar-refractivity contribution in [2.75, 3.05) is 38.2 Å². The standard InChI is InChI=1S/C13H16N2O2/c1-16-12-4-2-3-10-11(9-17-13(10)12)15-7-5-14-6-8-15/h2-4,9,14H,5-8H2,1H3. The number of anilines is 1. The summed E-state index contributed by atoms with van der Waals surface area (Å²) >= 11 is 0. The van der Waals surface area contributed by atoms with Gasteiger partial charge in [0.05, 0.1) is 12.8 Å². The second-order valence-electron chi connectivity index (χ2n) is 4.19. The van der Waals surface area contributed by atoms with Gasteiger partial charge in [0, 0.05) is 31.6 Å². The maximum absolute atomic E-state index is 5.64. The van der Waals surface area contributed by atoms with Gasteiger partial charge in [0.15, 0.2) is 11.3 Å². The van der Waals surface area contributed by atoms with E-state index in [1.165, 1.54) is 5.69 Å². The second kappa shape index (κ2) is 4.30. The molecule has 90 valence electrons. The minimum absolute atomic E-state index is 0.795. The number of methoxy groups -OCH3 is 1. The summed E-state index contributed by atoms with van der Waals surface area (Å²) in [4.78, 5) is 2.35. The van der Waals surface area contributed by atoms with E-state index in [0.29, 0.717) is 0 Å². The Hall–Kier alpha value is -1.68. The van der Waals surface area contributed by atoms with Crippen LogP contribution >= 0.6 is 0 Å². The van der Waals surface area contributed by atoms with Crippen molar-refractivity contribution in [2.24, 2.45) is 0 Å². The number of rotatable bonds is 2. The second-order valence-corrected chi connectivity index (χ2v) is 4.19. The predicted molar refractivity (Wildman–Crippen MR) is 67.8 cm³/mol. The Morgan fingerprint density at radius 2 is 2.12 bits per heavy atom. The Morgan fingerprint density at radius 1 is 1.29 bits per heavy atom. The molecule has 1 saturated heterocycles. The van der Waals surface area contributed by atoms with Crippen LogP contribution in [0, 0.1) is 0 Å². The molecule has 0 spiro atoms. The maximum atomic E-state index is 5.64.